The van der Waals surface area contributed by atoms with E-state index in [1.54, 1.807) is 6.20 Å². The van der Waals surface area contributed by atoms with Gasteiger partial charge in [-0.2, -0.15) is 5.10 Å². The van der Waals surface area contributed by atoms with Gasteiger partial charge in [0, 0.05) is 52.8 Å². The second-order valence-corrected chi connectivity index (χ2v) is 6.05. The number of guanidine groups is 1. The summed E-state index contributed by atoms with van der Waals surface area (Å²) < 4.78 is 13.0. The highest BCUT2D eigenvalue weighted by Gasteiger charge is 2.13. The van der Waals surface area contributed by atoms with Gasteiger partial charge in [-0.3, -0.25) is 4.68 Å². The number of hydrogen-bond acceptors (Lipinski definition) is 4. The molecule has 0 bridgehead atoms. The maximum Gasteiger partial charge on any atom is 0.191 e. The molecule has 1 aromatic heterocycles. The van der Waals surface area contributed by atoms with Crippen molar-refractivity contribution in [3.63, 3.8) is 0 Å². The van der Waals surface area contributed by atoms with E-state index in [0.717, 1.165) is 70.4 Å². The van der Waals surface area contributed by atoms with Crippen LogP contribution in [0.2, 0.25) is 0 Å². The zero-order valence-electron chi connectivity index (χ0n) is 15.0. The van der Waals surface area contributed by atoms with Crippen LogP contribution in [0.5, 0.6) is 0 Å². The average Bonchev–Trinajstić information content (AvgIpc) is 3.01. The van der Waals surface area contributed by atoms with E-state index in [2.05, 4.69) is 27.6 Å². The second-order valence-electron chi connectivity index (χ2n) is 6.05. The molecule has 0 atom stereocenters. The van der Waals surface area contributed by atoms with Crippen molar-refractivity contribution >= 4 is 5.96 Å². The van der Waals surface area contributed by atoms with Gasteiger partial charge in [-0.1, -0.05) is 0 Å². The van der Waals surface area contributed by atoms with Crippen LogP contribution < -0.4 is 10.6 Å². The molecule has 0 aliphatic carbocycles. The van der Waals surface area contributed by atoms with Crippen LogP contribution in [0, 0.1) is 5.92 Å². The van der Waals surface area contributed by atoms with Crippen molar-refractivity contribution in [1.29, 1.82) is 0 Å². The SMILES string of the molecule is CCNC(=NCc1ccnn1C)NCCCOCC1CCOCC1. The number of nitrogens with one attached hydrogen (secondary N) is 2. The predicted octanol–water partition coefficient (Wildman–Crippen LogP) is 1.31. The molecule has 2 N–H and O–H groups in total. The van der Waals surface area contributed by atoms with Crippen molar-refractivity contribution in [2.24, 2.45) is 18.0 Å². The summed E-state index contributed by atoms with van der Waals surface area (Å²) in [6, 6.07) is 1.98. The third kappa shape index (κ3) is 6.88. The Labute approximate surface area is 144 Å². The lowest BCUT2D eigenvalue weighted by atomic mass is 10.0. The first-order valence-electron chi connectivity index (χ1n) is 8.94. The van der Waals surface area contributed by atoms with Crippen molar-refractivity contribution in [2.75, 3.05) is 39.5 Å². The minimum absolute atomic E-state index is 0.617. The van der Waals surface area contributed by atoms with E-state index < -0.39 is 0 Å². The Kier molecular flexibility index (Phi) is 8.62. The molecule has 2 rings (SSSR count). The lowest BCUT2D eigenvalue weighted by molar-refractivity contribution is 0.0203. The Morgan fingerprint density at radius 3 is 2.96 bits per heavy atom. The van der Waals surface area contributed by atoms with Gasteiger partial charge in [0.2, 0.25) is 0 Å². The van der Waals surface area contributed by atoms with Gasteiger partial charge in [0.1, 0.15) is 0 Å². The van der Waals surface area contributed by atoms with Crippen LogP contribution in [0.15, 0.2) is 17.3 Å². The van der Waals surface area contributed by atoms with Crippen molar-refractivity contribution in [2.45, 2.75) is 32.7 Å². The number of hydrogen-bond donors (Lipinski definition) is 2. The number of aryl methyl sites for hydroxylation is 1. The number of nitrogens with zero attached hydrogens (tertiary/aromatic N) is 3. The van der Waals surface area contributed by atoms with Crippen LogP contribution in [-0.2, 0) is 23.1 Å². The van der Waals surface area contributed by atoms with Gasteiger partial charge in [0.05, 0.1) is 12.2 Å². The van der Waals surface area contributed by atoms with Crippen molar-refractivity contribution in [1.82, 2.24) is 20.4 Å². The number of aliphatic imine (C=N–C) groups is 1. The highest BCUT2D eigenvalue weighted by molar-refractivity contribution is 5.79. The first kappa shape index (κ1) is 18.7. The van der Waals surface area contributed by atoms with Crippen molar-refractivity contribution < 1.29 is 9.47 Å². The summed E-state index contributed by atoms with van der Waals surface area (Å²) in [6.07, 6.45) is 5.02. The molecule has 0 amide bonds. The fourth-order valence-corrected chi connectivity index (χ4v) is 2.60. The molecule has 1 fully saturated rings. The van der Waals surface area contributed by atoms with Crippen LogP contribution in [0.3, 0.4) is 0 Å². The van der Waals surface area contributed by atoms with E-state index >= 15 is 0 Å². The van der Waals surface area contributed by atoms with Crippen molar-refractivity contribution in [3.05, 3.63) is 18.0 Å². The first-order valence-corrected chi connectivity index (χ1v) is 8.94. The van der Waals surface area contributed by atoms with E-state index in [1.807, 2.05) is 17.8 Å². The number of rotatable bonds is 9. The molecule has 0 saturated carbocycles. The lowest BCUT2D eigenvalue weighted by Crippen LogP contribution is -2.38. The molecule has 2 heterocycles. The van der Waals surface area contributed by atoms with Gasteiger partial charge in [-0.25, -0.2) is 4.99 Å². The van der Waals surface area contributed by atoms with Gasteiger partial charge in [0.15, 0.2) is 5.96 Å². The van der Waals surface area contributed by atoms with Crippen LogP contribution in [0.1, 0.15) is 31.9 Å². The maximum absolute atomic E-state index is 5.78. The minimum atomic E-state index is 0.617. The van der Waals surface area contributed by atoms with Crippen LogP contribution in [0.25, 0.3) is 0 Å². The highest BCUT2D eigenvalue weighted by Crippen LogP contribution is 2.14. The van der Waals surface area contributed by atoms with Gasteiger partial charge in [-0.15, -0.1) is 0 Å². The predicted molar refractivity (Wildman–Crippen MR) is 95.0 cm³/mol. The molecule has 1 aliphatic heterocycles. The standard InChI is InChI=1S/C17H31N5O2/c1-3-18-17(20-13-16-5-9-21-22(16)2)19-8-4-10-24-14-15-6-11-23-12-7-15/h5,9,15H,3-4,6-8,10-14H2,1-2H3,(H2,18,19,20). The maximum atomic E-state index is 5.78. The smallest absolute Gasteiger partial charge is 0.191 e. The van der Waals surface area contributed by atoms with Gasteiger partial charge in [0.25, 0.3) is 0 Å². The van der Waals surface area contributed by atoms with Gasteiger partial charge < -0.3 is 20.1 Å². The van der Waals surface area contributed by atoms with E-state index in [4.69, 9.17) is 9.47 Å². The summed E-state index contributed by atoms with van der Waals surface area (Å²) in [7, 11) is 1.93. The summed E-state index contributed by atoms with van der Waals surface area (Å²) in [5.41, 5.74) is 1.09. The second kappa shape index (κ2) is 11.0. The third-order valence-corrected chi connectivity index (χ3v) is 4.12. The minimum Gasteiger partial charge on any atom is -0.381 e. The molecule has 7 heteroatoms. The Balaban J connectivity index is 1.59. The lowest BCUT2D eigenvalue weighted by Gasteiger charge is -2.21. The van der Waals surface area contributed by atoms with Crippen LogP contribution >= 0.6 is 0 Å². The molecule has 7 nitrogen and oxygen atoms in total. The molecule has 1 aromatic rings. The Morgan fingerprint density at radius 1 is 1.42 bits per heavy atom. The fraction of sp³-hybridized carbons (Fsp3) is 0.765. The zero-order chi connectivity index (χ0) is 17.0. The van der Waals surface area contributed by atoms with E-state index in [0.29, 0.717) is 12.5 Å². The molecule has 0 aromatic carbocycles. The highest BCUT2D eigenvalue weighted by atomic mass is 16.5. The van der Waals surface area contributed by atoms with Crippen molar-refractivity contribution in [3.8, 4) is 0 Å². The molecular formula is C17H31N5O2. The Bertz CT molecular complexity index is 483. The van der Waals surface area contributed by atoms with E-state index in [1.165, 1.54) is 0 Å². The summed E-state index contributed by atoms with van der Waals surface area (Å²) in [4.78, 5) is 4.59. The van der Waals surface area contributed by atoms with Crippen LogP contribution in [0.4, 0.5) is 0 Å². The molecule has 0 radical (unpaired) electrons. The summed E-state index contributed by atoms with van der Waals surface area (Å²) >= 11 is 0. The largest absolute Gasteiger partial charge is 0.381 e. The monoisotopic (exact) mass is 337 g/mol. The molecule has 0 spiro atoms. The van der Waals surface area contributed by atoms with Gasteiger partial charge >= 0.3 is 0 Å². The molecule has 1 saturated heterocycles. The molecular weight excluding hydrogens is 306 g/mol. The Hall–Kier alpha value is -1.60. The third-order valence-electron chi connectivity index (χ3n) is 4.12. The quantitative estimate of drug-likeness (QED) is 0.404. The molecule has 136 valence electrons. The summed E-state index contributed by atoms with van der Waals surface area (Å²) in [5.74, 6) is 1.51. The summed E-state index contributed by atoms with van der Waals surface area (Å²) in [6.45, 7) is 7.79. The van der Waals surface area contributed by atoms with Crippen LogP contribution in [-0.4, -0.2) is 55.3 Å². The Morgan fingerprint density at radius 2 is 2.25 bits per heavy atom. The fourth-order valence-electron chi connectivity index (χ4n) is 2.60. The summed E-state index contributed by atoms with van der Waals surface area (Å²) in [5, 5.41) is 10.8. The average molecular weight is 337 g/mol. The molecule has 0 unspecified atom stereocenters. The topological polar surface area (TPSA) is 72.7 Å². The normalized spacial score (nSPS) is 16.3. The molecule has 24 heavy (non-hydrogen) atoms. The van der Waals surface area contributed by atoms with Gasteiger partial charge in [-0.05, 0) is 38.2 Å². The van der Waals surface area contributed by atoms with E-state index in [9.17, 15) is 0 Å². The van der Waals surface area contributed by atoms with E-state index in [-0.39, 0.29) is 0 Å². The molecule has 1 aliphatic rings. The zero-order valence-corrected chi connectivity index (χ0v) is 15.0. The number of ether oxygens (including phenoxy) is 2. The first-order chi connectivity index (χ1) is 11.8. The number of aromatic nitrogens is 2.